The number of allylic oxidation sites excluding steroid dienone is 1. The number of nitrogens with zero attached hydrogens (tertiary/aromatic N) is 1. The van der Waals surface area contributed by atoms with E-state index in [9.17, 15) is 24.8 Å². The molecule has 0 bridgehead atoms. The fourth-order valence-corrected chi connectivity index (χ4v) is 2.66. The topological polar surface area (TPSA) is 128 Å². The van der Waals surface area contributed by atoms with E-state index in [0.29, 0.717) is 0 Å². The molecule has 9 heteroatoms. The highest BCUT2D eigenvalue weighted by molar-refractivity contribution is 6.04. The van der Waals surface area contributed by atoms with Gasteiger partial charge >= 0.3 is 5.97 Å². The monoisotopic (exact) mass is 348 g/mol. The van der Waals surface area contributed by atoms with Gasteiger partial charge in [0.1, 0.15) is 5.57 Å². The van der Waals surface area contributed by atoms with Crippen LogP contribution >= 0.6 is 0 Å². The first kappa shape index (κ1) is 18.0. The first-order chi connectivity index (χ1) is 11.8. The standard InChI is InChI=1S/C16H16N2O7/c1-8-11(15(20)24-2)12(13(14(19)17-8)16(21)25-3)9-5-4-6-10(7-9)18(22)23/h4-7,12,21H,1-3H3,(H,17,19). The van der Waals surface area contributed by atoms with E-state index in [-0.39, 0.29) is 28.1 Å². The molecular weight excluding hydrogens is 332 g/mol. The van der Waals surface area contributed by atoms with Gasteiger partial charge in [0.05, 0.1) is 30.6 Å². The lowest BCUT2D eigenvalue weighted by atomic mass is 9.81. The molecule has 1 atom stereocenters. The second-order valence-electron chi connectivity index (χ2n) is 5.19. The molecule has 0 aliphatic carbocycles. The maximum absolute atomic E-state index is 12.3. The van der Waals surface area contributed by atoms with Crippen LogP contribution in [0.1, 0.15) is 18.4 Å². The maximum Gasteiger partial charge on any atom is 0.336 e. The molecule has 0 saturated carbocycles. The number of nitro groups is 1. The van der Waals surface area contributed by atoms with Crippen molar-refractivity contribution in [2.24, 2.45) is 0 Å². The van der Waals surface area contributed by atoms with Crippen LogP contribution in [0.3, 0.4) is 0 Å². The first-order valence-corrected chi connectivity index (χ1v) is 7.13. The minimum Gasteiger partial charge on any atom is -0.481 e. The molecule has 0 aromatic heterocycles. The Bertz CT molecular complexity index is 810. The Hall–Kier alpha value is -3.36. The molecule has 1 unspecified atom stereocenters. The van der Waals surface area contributed by atoms with Crippen molar-refractivity contribution < 1.29 is 29.1 Å². The summed E-state index contributed by atoms with van der Waals surface area (Å²) in [4.78, 5) is 35.0. The predicted molar refractivity (Wildman–Crippen MR) is 85.4 cm³/mol. The van der Waals surface area contributed by atoms with Crippen molar-refractivity contribution in [2.75, 3.05) is 14.2 Å². The van der Waals surface area contributed by atoms with Gasteiger partial charge < -0.3 is 19.9 Å². The van der Waals surface area contributed by atoms with Crippen molar-refractivity contribution in [3.8, 4) is 0 Å². The Morgan fingerprint density at radius 3 is 2.56 bits per heavy atom. The second-order valence-corrected chi connectivity index (χ2v) is 5.19. The number of carbonyl (C=O) groups is 2. The fourth-order valence-electron chi connectivity index (χ4n) is 2.66. The van der Waals surface area contributed by atoms with Gasteiger partial charge in [-0.2, -0.15) is 0 Å². The Balaban J connectivity index is 2.78. The van der Waals surface area contributed by atoms with E-state index < -0.39 is 28.7 Å². The zero-order valence-electron chi connectivity index (χ0n) is 13.7. The lowest BCUT2D eigenvalue weighted by Crippen LogP contribution is -2.37. The summed E-state index contributed by atoms with van der Waals surface area (Å²) < 4.78 is 9.51. The normalized spacial score (nSPS) is 19.2. The summed E-state index contributed by atoms with van der Waals surface area (Å²) in [7, 11) is 2.33. The minimum atomic E-state index is -1.08. The molecule has 1 aromatic rings. The van der Waals surface area contributed by atoms with Crippen molar-refractivity contribution in [1.29, 1.82) is 0 Å². The molecule has 0 fully saturated rings. The smallest absolute Gasteiger partial charge is 0.336 e. The van der Waals surface area contributed by atoms with Crippen LogP contribution in [0.2, 0.25) is 0 Å². The molecule has 1 aromatic carbocycles. The van der Waals surface area contributed by atoms with Crippen molar-refractivity contribution in [2.45, 2.75) is 12.8 Å². The number of ether oxygens (including phenoxy) is 2. The number of amides is 1. The first-order valence-electron chi connectivity index (χ1n) is 7.13. The number of aliphatic hydroxyl groups excluding tert-OH is 1. The number of benzene rings is 1. The van der Waals surface area contributed by atoms with Gasteiger partial charge in [0.25, 0.3) is 17.5 Å². The van der Waals surface area contributed by atoms with Crippen LogP contribution in [0.25, 0.3) is 0 Å². The van der Waals surface area contributed by atoms with Crippen LogP contribution in [0, 0.1) is 10.1 Å². The Kier molecular flexibility index (Phi) is 5.06. The molecule has 0 radical (unpaired) electrons. The summed E-state index contributed by atoms with van der Waals surface area (Å²) in [6.45, 7) is 1.50. The van der Waals surface area contributed by atoms with Crippen LogP contribution in [-0.4, -0.2) is 36.1 Å². The molecular formula is C16H16N2O7. The number of nitrogens with one attached hydrogen (secondary N) is 1. The highest BCUT2D eigenvalue weighted by Gasteiger charge is 2.40. The zero-order chi connectivity index (χ0) is 18.7. The second kappa shape index (κ2) is 7.04. The summed E-state index contributed by atoms with van der Waals surface area (Å²) >= 11 is 0. The Morgan fingerprint density at radius 2 is 2.00 bits per heavy atom. The van der Waals surface area contributed by atoms with Crippen LogP contribution in [-0.2, 0) is 19.1 Å². The number of hydrogen-bond acceptors (Lipinski definition) is 7. The predicted octanol–water partition coefficient (Wildman–Crippen LogP) is 1.67. The molecule has 1 aliphatic heterocycles. The van der Waals surface area contributed by atoms with Crippen molar-refractivity contribution in [3.05, 3.63) is 62.7 Å². The Morgan fingerprint density at radius 1 is 1.32 bits per heavy atom. The maximum atomic E-state index is 12.3. The number of esters is 1. The molecule has 25 heavy (non-hydrogen) atoms. The molecule has 2 N–H and O–H groups in total. The Labute approximate surface area is 142 Å². The summed E-state index contributed by atoms with van der Waals surface area (Å²) in [6, 6.07) is 5.43. The summed E-state index contributed by atoms with van der Waals surface area (Å²) in [6.07, 6.45) is 0. The number of rotatable bonds is 4. The van der Waals surface area contributed by atoms with E-state index in [1.807, 2.05) is 0 Å². The van der Waals surface area contributed by atoms with Crippen molar-refractivity contribution in [3.63, 3.8) is 0 Å². The van der Waals surface area contributed by atoms with Gasteiger partial charge in [-0.15, -0.1) is 0 Å². The highest BCUT2D eigenvalue weighted by atomic mass is 16.6. The number of nitro benzene ring substituents is 1. The summed E-state index contributed by atoms with van der Waals surface area (Å²) in [5.41, 5.74) is 0.0696. The van der Waals surface area contributed by atoms with Gasteiger partial charge in [0, 0.05) is 17.8 Å². The molecule has 1 heterocycles. The molecule has 1 amide bonds. The van der Waals surface area contributed by atoms with E-state index in [1.165, 1.54) is 38.3 Å². The number of non-ortho nitro benzene ring substituents is 1. The molecule has 1 aliphatic rings. The van der Waals surface area contributed by atoms with Crippen molar-refractivity contribution >= 4 is 17.6 Å². The van der Waals surface area contributed by atoms with Crippen molar-refractivity contribution in [1.82, 2.24) is 5.32 Å². The van der Waals surface area contributed by atoms with Gasteiger partial charge in [-0.25, -0.2) is 4.79 Å². The summed E-state index contributed by atoms with van der Waals surface area (Å²) in [5, 5.41) is 23.5. The molecule has 0 saturated heterocycles. The third-order valence-corrected chi connectivity index (χ3v) is 3.77. The summed E-state index contributed by atoms with van der Waals surface area (Å²) in [5.74, 6) is -3.19. The number of carbonyl (C=O) groups excluding carboxylic acids is 2. The quantitative estimate of drug-likeness (QED) is 0.278. The SMILES string of the molecule is COC(=O)C1=C(C)NC(=O)C(=C(O)OC)C1c1cccc([N+](=O)[O-])c1. The highest BCUT2D eigenvalue weighted by Crippen LogP contribution is 2.39. The molecule has 2 rings (SSSR count). The number of hydrogen-bond donors (Lipinski definition) is 2. The average Bonchev–Trinajstić information content (AvgIpc) is 2.59. The zero-order valence-corrected chi connectivity index (χ0v) is 13.7. The van der Waals surface area contributed by atoms with Gasteiger partial charge in [-0.3, -0.25) is 14.9 Å². The van der Waals surface area contributed by atoms with E-state index in [2.05, 4.69) is 5.32 Å². The third kappa shape index (κ3) is 3.30. The third-order valence-electron chi connectivity index (χ3n) is 3.77. The molecule has 132 valence electrons. The van der Waals surface area contributed by atoms with Gasteiger partial charge in [-0.05, 0) is 12.5 Å². The van der Waals surface area contributed by atoms with Gasteiger partial charge in [-0.1, -0.05) is 12.1 Å². The van der Waals surface area contributed by atoms with Crippen LogP contribution in [0.5, 0.6) is 0 Å². The number of aliphatic hydroxyl groups is 1. The lowest BCUT2D eigenvalue weighted by Gasteiger charge is -2.28. The van der Waals surface area contributed by atoms with Gasteiger partial charge in [0.2, 0.25) is 0 Å². The average molecular weight is 348 g/mol. The van der Waals surface area contributed by atoms with Crippen LogP contribution in [0.15, 0.2) is 47.1 Å². The minimum absolute atomic E-state index is 0.0428. The van der Waals surface area contributed by atoms with E-state index in [1.54, 1.807) is 0 Å². The number of methoxy groups -OCH3 is 2. The van der Waals surface area contributed by atoms with E-state index >= 15 is 0 Å². The van der Waals surface area contributed by atoms with E-state index in [4.69, 9.17) is 9.47 Å². The van der Waals surface area contributed by atoms with Crippen LogP contribution < -0.4 is 5.32 Å². The fraction of sp³-hybridized carbons (Fsp3) is 0.250. The molecule has 0 spiro atoms. The van der Waals surface area contributed by atoms with E-state index in [0.717, 1.165) is 7.11 Å². The van der Waals surface area contributed by atoms with Gasteiger partial charge in [0.15, 0.2) is 0 Å². The largest absolute Gasteiger partial charge is 0.481 e. The lowest BCUT2D eigenvalue weighted by molar-refractivity contribution is -0.384. The van der Waals surface area contributed by atoms with Crippen LogP contribution in [0.4, 0.5) is 5.69 Å². The molecule has 9 nitrogen and oxygen atoms in total.